The van der Waals surface area contributed by atoms with Crippen molar-refractivity contribution in [3.05, 3.63) is 35.4 Å². The first kappa shape index (κ1) is 13.6. The standard InChI is InChI=1S/C12H15F2NO2/c1-2-17-12(16)8(7-15)6-9-10(13)4-3-5-11(9)14/h3-5,8H,2,6-7,15H2,1H3. The number of halogens is 2. The maximum Gasteiger partial charge on any atom is 0.310 e. The highest BCUT2D eigenvalue weighted by molar-refractivity contribution is 5.73. The summed E-state index contributed by atoms with van der Waals surface area (Å²) in [6.45, 7) is 1.87. The third kappa shape index (κ3) is 3.49. The maximum absolute atomic E-state index is 13.4. The average Bonchev–Trinajstić information content (AvgIpc) is 2.29. The highest BCUT2D eigenvalue weighted by Gasteiger charge is 2.22. The molecule has 1 rings (SSSR count). The molecule has 1 aromatic rings. The van der Waals surface area contributed by atoms with Crippen LogP contribution in [0.1, 0.15) is 12.5 Å². The quantitative estimate of drug-likeness (QED) is 0.800. The van der Waals surface area contributed by atoms with Crippen LogP contribution >= 0.6 is 0 Å². The second-order valence-corrected chi connectivity index (χ2v) is 3.59. The lowest BCUT2D eigenvalue weighted by molar-refractivity contribution is -0.147. The number of nitrogens with two attached hydrogens (primary N) is 1. The Balaban J connectivity index is 2.84. The van der Waals surface area contributed by atoms with Crippen LogP contribution in [0.15, 0.2) is 18.2 Å². The van der Waals surface area contributed by atoms with Gasteiger partial charge in [-0.1, -0.05) is 6.07 Å². The Morgan fingerprint density at radius 1 is 1.41 bits per heavy atom. The third-order valence-electron chi connectivity index (χ3n) is 2.42. The highest BCUT2D eigenvalue weighted by atomic mass is 19.1. The van der Waals surface area contributed by atoms with Gasteiger partial charge in [-0.15, -0.1) is 0 Å². The minimum Gasteiger partial charge on any atom is -0.466 e. The molecule has 2 N–H and O–H groups in total. The van der Waals surface area contributed by atoms with Gasteiger partial charge in [-0.25, -0.2) is 8.78 Å². The summed E-state index contributed by atoms with van der Waals surface area (Å²) in [5.41, 5.74) is 5.28. The largest absolute Gasteiger partial charge is 0.466 e. The zero-order valence-electron chi connectivity index (χ0n) is 9.58. The van der Waals surface area contributed by atoms with Crippen molar-refractivity contribution in [3.63, 3.8) is 0 Å². The number of esters is 1. The van der Waals surface area contributed by atoms with Gasteiger partial charge in [0.2, 0.25) is 0 Å². The molecular formula is C12H15F2NO2. The van der Waals surface area contributed by atoms with E-state index in [9.17, 15) is 13.6 Å². The minimum absolute atomic E-state index is 0.00733. The van der Waals surface area contributed by atoms with E-state index in [2.05, 4.69) is 0 Å². The molecule has 0 bridgehead atoms. The molecule has 1 unspecified atom stereocenters. The van der Waals surface area contributed by atoms with Gasteiger partial charge >= 0.3 is 5.97 Å². The van der Waals surface area contributed by atoms with Crippen LogP contribution in [0, 0.1) is 17.6 Å². The number of carbonyl (C=O) groups excluding carboxylic acids is 1. The minimum atomic E-state index is -0.721. The number of hydrogen-bond donors (Lipinski definition) is 1. The van der Waals surface area contributed by atoms with E-state index < -0.39 is 23.5 Å². The number of rotatable bonds is 5. The van der Waals surface area contributed by atoms with Crippen LogP contribution in [0.2, 0.25) is 0 Å². The van der Waals surface area contributed by atoms with Crippen LogP contribution in [-0.2, 0) is 16.0 Å². The van der Waals surface area contributed by atoms with Crippen molar-refractivity contribution in [3.8, 4) is 0 Å². The Morgan fingerprint density at radius 2 is 2.00 bits per heavy atom. The normalized spacial score (nSPS) is 12.2. The first-order valence-corrected chi connectivity index (χ1v) is 5.39. The predicted octanol–water partition coefficient (Wildman–Crippen LogP) is 1.65. The molecular weight excluding hydrogens is 228 g/mol. The van der Waals surface area contributed by atoms with E-state index >= 15 is 0 Å². The lowest BCUT2D eigenvalue weighted by atomic mass is 9.98. The third-order valence-corrected chi connectivity index (χ3v) is 2.42. The van der Waals surface area contributed by atoms with Crippen LogP contribution in [0.3, 0.4) is 0 Å². The lowest BCUT2D eigenvalue weighted by Crippen LogP contribution is -2.28. The van der Waals surface area contributed by atoms with E-state index in [1.54, 1.807) is 6.92 Å². The Bertz CT molecular complexity index is 376. The van der Waals surface area contributed by atoms with Crippen molar-refractivity contribution in [2.45, 2.75) is 13.3 Å². The summed E-state index contributed by atoms with van der Waals surface area (Å²) >= 11 is 0. The molecule has 3 nitrogen and oxygen atoms in total. The molecule has 0 amide bonds. The molecule has 0 aliphatic carbocycles. The number of benzene rings is 1. The number of ether oxygens (including phenoxy) is 1. The van der Waals surface area contributed by atoms with Gasteiger partial charge in [0.05, 0.1) is 12.5 Å². The van der Waals surface area contributed by atoms with Gasteiger partial charge in [-0.2, -0.15) is 0 Å². The van der Waals surface area contributed by atoms with Crippen LogP contribution in [0.25, 0.3) is 0 Å². The Kier molecular flexibility index (Phi) is 5.03. The van der Waals surface area contributed by atoms with E-state index in [-0.39, 0.29) is 25.1 Å². The first-order valence-electron chi connectivity index (χ1n) is 5.39. The van der Waals surface area contributed by atoms with Crippen molar-refractivity contribution in [1.29, 1.82) is 0 Å². The fraction of sp³-hybridized carbons (Fsp3) is 0.417. The van der Waals surface area contributed by atoms with Crippen molar-refractivity contribution in [1.82, 2.24) is 0 Å². The van der Waals surface area contributed by atoms with E-state index in [1.165, 1.54) is 6.07 Å². The predicted molar refractivity (Wildman–Crippen MR) is 59.2 cm³/mol. The summed E-state index contributed by atoms with van der Waals surface area (Å²) in [6.07, 6.45) is -0.0894. The van der Waals surface area contributed by atoms with Crippen LogP contribution in [-0.4, -0.2) is 19.1 Å². The summed E-state index contributed by atoms with van der Waals surface area (Å²) in [6, 6.07) is 3.57. The van der Waals surface area contributed by atoms with E-state index in [0.717, 1.165) is 12.1 Å². The Morgan fingerprint density at radius 3 is 2.47 bits per heavy atom. The van der Waals surface area contributed by atoms with Gasteiger partial charge in [0.15, 0.2) is 0 Å². The molecule has 94 valence electrons. The van der Waals surface area contributed by atoms with Gasteiger partial charge < -0.3 is 10.5 Å². The molecule has 0 aromatic heterocycles. The molecule has 1 aromatic carbocycles. The van der Waals surface area contributed by atoms with Crippen LogP contribution < -0.4 is 5.73 Å². The number of carbonyl (C=O) groups is 1. The zero-order valence-corrected chi connectivity index (χ0v) is 9.58. The van der Waals surface area contributed by atoms with Crippen molar-refractivity contribution < 1.29 is 18.3 Å². The SMILES string of the molecule is CCOC(=O)C(CN)Cc1c(F)cccc1F. The molecule has 5 heteroatoms. The van der Waals surface area contributed by atoms with Crippen LogP contribution in [0.5, 0.6) is 0 Å². The van der Waals surface area contributed by atoms with Gasteiger partial charge in [-0.05, 0) is 25.5 Å². The summed E-state index contributed by atoms with van der Waals surface area (Å²) in [5, 5.41) is 0. The molecule has 1 atom stereocenters. The van der Waals surface area contributed by atoms with E-state index in [1.807, 2.05) is 0 Å². The summed E-state index contributed by atoms with van der Waals surface area (Å²) in [7, 11) is 0. The van der Waals surface area contributed by atoms with Crippen LogP contribution in [0.4, 0.5) is 8.78 Å². The van der Waals surface area contributed by atoms with Crippen molar-refractivity contribution in [2.24, 2.45) is 11.7 Å². The van der Waals surface area contributed by atoms with Gasteiger partial charge in [0.25, 0.3) is 0 Å². The smallest absolute Gasteiger partial charge is 0.310 e. The Labute approximate surface area is 98.6 Å². The molecule has 0 fully saturated rings. The monoisotopic (exact) mass is 243 g/mol. The zero-order chi connectivity index (χ0) is 12.8. The van der Waals surface area contributed by atoms with Gasteiger partial charge in [0, 0.05) is 12.1 Å². The Hall–Kier alpha value is -1.49. The molecule has 0 spiro atoms. The average molecular weight is 243 g/mol. The lowest BCUT2D eigenvalue weighted by Gasteiger charge is -2.14. The summed E-state index contributed by atoms with van der Waals surface area (Å²) in [4.78, 5) is 11.5. The molecule has 0 heterocycles. The number of hydrogen-bond acceptors (Lipinski definition) is 3. The maximum atomic E-state index is 13.4. The molecule has 0 saturated heterocycles. The van der Waals surface area contributed by atoms with E-state index in [4.69, 9.17) is 10.5 Å². The fourth-order valence-electron chi connectivity index (χ4n) is 1.50. The summed E-state index contributed by atoms with van der Waals surface area (Å²) in [5.74, 6) is -2.60. The summed E-state index contributed by atoms with van der Waals surface area (Å²) < 4.78 is 31.5. The van der Waals surface area contributed by atoms with Crippen molar-refractivity contribution >= 4 is 5.97 Å². The second-order valence-electron chi connectivity index (χ2n) is 3.59. The molecule has 17 heavy (non-hydrogen) atoms. The topological polar surface area (TPSA) is 52.3 Å². The fourth-order valence-corrected chi connectivity index (χ4v) is 1.50. The molecule has 0 saturated carbocycles. The molecule has 0 radical (unpaired) electrons. The first-order chi connectivity index (χ1) is 8.10. The van der Waals surface area contributed by atoms with Crippen molar-refractivity contribution in [2.75, 3.05) is 13.2 Å². The van der Waals surface area contributed by atoms with E-state index in [0.29, 0.717) is 0 Å². The molecule has 0 aliphatic rings. The van der Waals surface area contributed by atoms with Gasteiger partial charge in [0.1, 0.15) is 11.6 Å². The highest BCUT2D eigenvalue weighted by Crippen LogP contribution is 2.17. The molecule has 0 aliphatic heterocycles. The second kappa shape index (κ2) is 6.30. The van der Waals surface area contributed by atoms with Gasteiger partial charge in [-0.3, -0.25) is 4.79 Å².